The Balaban J connectivity index is 2.62. The molecule has 0 amide bonds. The van der Waals surface area contributed by atoms with E-state index in [1.807, 2.05) is 31.2 Å². The zero-order valence-electron chi connectivity index (χ0n) is 11.7. The van der Waals surface area contributed by atoms with Crippen LogP contribution in [0.25, 0.3) is 0 Å². The molecule has 0 spiro atoms. The van der Waals surface area contributed by atoms with E-state index in [-0.39, 0.29) is 11.8 Å². The van der Waals surface area contributed by atoms with Crippen molar-refractivity contribution in [3.63, 3.8) is 0 Å². The number of hydrogen-bond acceptors (Lipinski definition) is 3. The fraction of sp³-hybridized carbons (Fsp3) is 0.533. The van der Waals surface area contributed by atoms with Gasteiger partial charge in [-0.3, -0.25) is 4.79 Å². The third-order valence-corrected chi connectivity index (χ3v) is 2.94. The van der Waals surface area contributed by atoms with Crippen molar-refractivity contribution in [3.8, 4) is 5.75 Å². The lowest BCUT2D eigenvalue weighted by Crippen LogP contribution is -2.35. The second kappa shape index (κ2) is 7.17. The van der Waals surface area contributed by atoms with Crippen LogP contribution in [0.2, 0.25) is 0 Å². The lowest BCUT2D eigenvalue weighted by molar-refractivity contribution is 0.0947. The molecule has 1 rings (SSSR count). The molecule has 0 aromatic heterocycles. The van der Waals surface area contributed by atoms with Crippen LogP contribution >= 0.6 is 0 Å². The number of carbonyl (C=O) groups excluding carboxylic acids is 1. The third kappa shape index (κ3) is 4.15. The highest BCUT2D eigenvalue weighted by Crippen LogP contribution is 2.18. The van der Waals surface area contributed by atoms with Gasteiger partial charge >= 0.3 is 0 Å². The highest BCUT2D eigenvalue weighted by atomic mass is 16.5. The summed E-state index contributed by atoms with van der Waals surface area (Å²) in [7, 11) is 1.59. The molecule has 1 unspecified atom stereocenters. The molecule has 0 fully saturated rings. The Morgan fingerprint density at radius 1 is 1.28 bits per heavy atom. The Labute approximate surface area is 110 Å². The molecule has 0 heterocycles. The average molecular weight is 249 g/mol. The first-order chi connectivity index (χ1) is 8.56. The minimum absolute atomic E-state index is 0.0798. The molecule has 0 aliphatic heterocycles. The summed E-state index contributed by atoms with van der Waals surface area (Å²) in [5.74, 6) is 1.36. The van der Waals surface area contributed by atoms with Crippen LogP contribution in [0.4, 0.5) is 0 Å². The van der Waals surface area contributed by atoms with Crippen LogP contribution in [0.15, 0.2) is 24.3 Å². The Morgan fingerprint density at radius 3 is 2.56 bits per heavy atom. The normalized spacial score (nSPS) is 12.5. The third-order valence-electron chi connectivity index (χ3n) is 2.94. The summed E-state index contributed by atoms with van der Waals surface area (Å²) in [4.78, 5) is 12.3. The van der Waals surface area contributed by atoms with Crippen molar-refractivity contribution in [2.75, 3.05) is 13.7 Å². The van der Waals surface area contributed by atoms with Crippen molar-refractivity contribution in [3.05, 3.63) is 29.8 Å². The molecule has 100 valence electrons. The SMILES string of the molecule is COc1ccccc1C(=O)C(C)NCCC(C)C. The standard InChI is InChI=1S/C15H23NO2/c1-11(2)9-10-16-12(3)15(17)13-7-5-6-8-14(13)18-4/h5-8,11-12,16H,9-10H2,1-4H3. The first kappa shape index (κ1) is 14.7. The molecule has 3 heteroatoms. The number of benzene rings is 1. The van der Waals surface area contributed by atoms with E-state index >= 15 is 0 Å². The lowest BCUT2D eigenvalue weighted by Gasteiger charge is -2.15. The van der Waals surface area contributed by atoms with Crippen molar-refractivity contribution in [1.82, 2.24) is 5.32 Å². The molecular weight excluding hydrogens is 226 g/mol. The second-order valence-electron chi connectivity index (χ2n) is 4.92. The van der Waals surface area contributed by atoms with Crippen LogP contribution in [-0.2, 0) is 0 Å². The summed E-state index contributed by atoms with van der Waals surface area (Å²) >= 11 is 0. The number of nitrogens with one attached hydrogen (secondary N) is 1. The Morgan fingerprint density at radius 2 is 1.94 bits per heavy atom. The smallest absolute Gasteiger partial charge is 0.183 e. The van der Waals surface area contributed by atoms with Gasteiger partial charge in [0.2, 0.25) is 0 Å². The maximum absolute atomic E-state index is 12.3. The summed E-state index contributed by atoms with van der Waals surface area (Å²) in [6, 6.07) is 7.17. The maximum Gasteiger partial charge on any atom is 0.183 e. The van der Waals surface area contributed by atoms with Crippen LogP contribution < -0.4 is 10.1 Å². The number of methoxy groups -OCH3 is 1. The lowest BCUT2D eigenvalue weighted by atomic mass is 10.0. The maximum atomic E-state index is 12.3. The van der Waals surface area contributed by atoms with Gasteiger partial charge in [-0.15, -0.1) is 0 Å². The van der Waals surface area contributed by atoms with Crippen molar-refractivity contribution < 1.29 is 9.53 Å². The number of carbonyl (C=O) groups is 1. The Bertz CT molecular complexity index is 388. The van der Waals surface area contributed by atoms with Gasteiger partial charge in [-0.2, -0.15) is 0 Å². The second-order valence-corrected chi connectivity index (χ2v) is 4.92. The molecule has 0 bridgehead atoms. The highest BCUT2D eigenvalue weighted by molar-refractivity contribution is 6.02. The van der Waals surface area contributed by atoms with Gasteiger partial charge in [-0.05, 0) is 37.9 Å². The Kier molecular flexibility index (Phi) is 5.86. The van der Waals surface area contributed by atoms with Gasteiger partial charge in [0.1, 0.15) is 5.75 Å². The number of Topliss-reactive ketones (excluding diaryl/α,β-unsaturated/α-hetero) is 1. The minimum Gasteiger partial charge on any atom is -0.496 e. The van der Waals surface area contributed by atoms with Crippen molar-refractivity contribution in [2.24, 2.45) is 5.92 Å². The molecule has 1 atom stereocenters. The van der Waals surface area contributed by atoms with Crippen LogP contribution in [0.3, 0.4) is 0 Å². The van der Waals surface area contributed by atoms with Gasteiger partial charge in [0.15, 0.2) is 5.78 Å². The van der Waals surface area contributed by atoms with E-state index in [1.54, 1.807) is 7.11 Å². The summed E-state index contributed by atoms with van der Waals surface area (Å²) in [5, 5.41) is 3.26. The highest BCUT2D eigenvalue weighted by Gasteiger charge is 2.17. The first-order valence-corrected chi connectivity index (χ1v) is 6.47. The van der Waals surface area contributed by atoms with Crippen LogP contribution in [0.1, 0.15) is 37.6 Å². The molecule has 1 aromatic rings. The molecule has 1 N–H and O–H groups in total. The summed E-state index contributed by atoms with van der Waals surface area (Å²) in [5.41, 5.74) is 0.643. The molecule has 0 aliphatic carbocycles. The molecule has 0 aliphatic rings. The van der Waals surface area contributed by atoms with E-state index < -0.39 is 0 Å². The van der Waals surface area contributed by atoms with Crippen molar-refractivity contribution in [2.45, 2.75) is 33.2 Å². The van der Waals surface area contributed by atoms with Crippen LogP contribution in [0.5, 0.6) is 5.75 Å². The minimum atomic E-state index is -0.181. The van der Waals surface area contributed by atoms with E-state index in [9.17, 15) is 4.79 Å². The zero-order valence-corrected chi connectivity index (χ0v) is 11.7. The summed E-state index contributed by atoms with van der Waals surface area (Å²) in [6.45, 7) is 7.11. The van der Waals surface area contributed by atoms with Gasteiger partial charge in [0, 0.05) is 0 Å². The molecule has 0 radical (unpaired) electrons. The number of para-hydroxylation sites is 1. The summed E-state index contributed by atoms with van der Waals surface area (Å²) in [6.07, 6.45) is 1.07. The molecule has 18 heavy (non-hydrogen) atoms. The monoisotopic (exact) mass is 249 g/mol. The Hall–Kier alpha value is -1.35. The van der Waals surface area contributed by atoms with Gasteiger partial charge in [0.25, 0.3) is 0 Å². The van der Waals surface area contributed by atoms with Gasteiger partial charge in [-0.25, -0.2) is 0 Å². The largest absolute Gasteiger partial charge is 0.496 e. The number of ketones is 1. The van der Waals surface area contributed by atoms with Gasteiger partial charge < -0.3 is 10.1 Å². The zero-order chi connectivity index (χ0) is 13.5. The number of rotatable bonds is 7. The molecule has 0 saturated carbocycles. The quantitative estimate of drug-likeness (QED) is 0.755. The van der Waals surface area contributed by atoms with E-state index in [0.717, 1.165) is 13.0 Å². The molecule has 0 saturated heterocycles. The molecule has 1 aromatic carbocycles. The number of hydrogen-bond donors (Lipinski definition) is 1. The van der Waals surface area contributed by atoms with Gasteiger partial charge in [-0.1, -0.05) is 26.0 Å². The average Bonchev–Trinajstić information content (AvgIpc) is 2.37. The van der Waals surface area contributed by atoms with E-state index in [1.165, 1.54) is 0 Å². The summed E-state index contributed by atoms with van der Waals surface area (Å²) < 4.78 is 5.21. The van der Waals surface area contributed by atoms with Crippen molar-refractivity contribution in [1.29, 1.82) is 0 Å². The predicted octanol–water partition coefficient (Wildman–Crippen LogP) is 2.90. The van der Waals surface area contributed by atoms with Crippen LogP contribution in [-0.4, -0.2) is 25.5 Å². The molecule has 3 nitrogen and oxygen atoms in total. The van der Waals surface area contributed by atoms with Gasteiger partial charge in [0.05, 0.1) is 18.7 Å². The first-order valence-electron chi connectivity index (χ1n) is 6.47. The van der Waals surface area contributed by atoms with E-state index in [2.05, 4.69) is 19.2 Å². The van der Waals surface area contributed by atoms with Crippen LogP contribution in [0, 0.1) is 5.92 Å². The predicted molar refractivity (Wildman–Crippen MR) is 74.2 cm³/mol. The van der Waals surface area contributed by atoms with E-state index in [4.69, 9.17) is 4.74 Å². The fourth-order valence-corrected chi connectivity index (χ4v) is 1.76. The molecular formula is C15H23NO2. The van der Waals surface area contributed by atoms with Crippen molar-refractivity contribution >= 4 is 5.78 Å². The topological polar surface area (TPSA) is 38.3 Å². The number of ether oxygens (including phenoxy) is 1. The fourth-order valence-electron chi connectivity index (χ4n) is 1.76. The van der Waals surface area contributed by atoms with E-state index in [0.29, 0.717) is 17.2 Å².